The van der Waals surface area contributed by atoms with Gasteiger partial charge in [0.1, 0.15) is 5.78 Å². The van der Waals surface area contributed by atoms with Crippen LogP contribution in [0, 0.1) is 39.9 Å². The molecule has 0 N–H and O–H groups in total. The van der Waals surface area contributed by atoms with Gasteiger partial charge in [-0.3, -0.25) is 4.79 Å². The van der Waals surface area contributed by atoms with Crippen molar-refractivity contribution in [3.63, 3.8) is 0 Å². The monoisotopic (exact) mass is 420 g/mol. The van der Waals surface area contributed by atoms with Gasteiger partial charge in [-0.15, -0.1) is 0 Å². The number of carbonyl (C=O) groups excluding carboxylic acids is 1. The molecule has 1 saturated heterocycles. The van der Waals surface area contributed by atoms with E-state index in [0.29, 0.717) is 23.5 Å². The van der Waals surface area contributed by atoms with E-state index >= 15 is 0 Å². The van der Waals surface area contributed by atoms with E-state index in [0.717, 1.165) is 32.5 Å². The second kappa shape index (κ2) is 7.56. The van der Waals surface area contributed by atoms with Crippen molar-refractivity contribution in [2.24, 2.45) is 39.9 Å². The summed E-state index contributed by atoms with van der Waals surface area (Å²) in [7, 11) is 1.89. The highest BCUT2D eigenvalue weighted by molar-refractivity contribution is 5.77. The van der Waals surface area contributed by atoms with Crippen LogP contribution < -0.4 is 0 Å². The van der Waals surface area contributed by atoms with E-state index < -0.39 is 5.79 Å². The van der Waals surface area contributed by atoms with Gasteiger partial charge in [0.05, 0.1) is 19.3 Å². The molecule has 0 aromatic carbocycles. The van der Waals surface area contributed by atoms with E-state index in [1.807, 2.05) is 7.11 Å². The van der Waals surface area contributed by atoms with E-state index in [9.17, 15) is 4.79 Å². The minimum atomic E-state index is -0.449. The second-order valence-corrected chi connectivity index (χ2v) is 12.5. The highest BCUT2D eigenvalue weighted by Gasteiger charge is 2.68. The van der Waals surface area contributed by atoms with E-state index in [1.165, 1.54) is 25.7 Å². The molecule has 30 heavy (non-hydrogen) atoms. The van der Waals surface area contributed by atoms with Gasteiger partial charge in [0.25, 0.3) is 0 Å². The quantitative estimate of drug-likeness (QED) is 0.591. The smallest absolute Gasteiger partial charge is 0.173 e. The van der Waals surface area contributed by atoms with Crippen molar-refractivity contribution in [2.75, 3.05) is 20.3 Å². The van der Waals surface area contributed by atoms with Gasteiger partial charge in [0.2, 0.25) is 0 Å². The van der Waals surface area contributed by atoms with Crippen molar-refractivity contribution in [2.45, 2.75) is 98.4 Å². The average Bonchev–Trinajstić information content (AvgIpc) is 2.96. The summed E-state index contributed by atoms with van der Waals surface area (Å²) in [6.07, 6.45) is 8.12. The minimum Gasteiger partial charge on any atom is -0.381 e. The SMILES string of the molecule is COC1CC2(C)C(CCC23OCC(C)(C)CO3)C2CCCC(C)(CC(C)C(C)=O)C12. The van der Waals surface area contributed by atoms with Crippen molar-refractivity contribution in [1.82, 2.24) is 0 Å². The largest absolute Gasteiger partial charge is 0.381 e. The van der Waals surface area contributed by atoms with Gasteiger partial charge < -0.3 is 14.2 Å². The maximum Gasteiger partial charge on any atom is 0.173 e. The van der Waals surface area contributed by atoms with Crippen molar-refractivity contribution >= 4 is 5.78 Å². The summed E-state index contributed by atoms with van der Waals surface area (Å²) in [4.78, 5) is 12.1. The van der Waals surface area contributed by atoms with Crippen molar-refractivity contribution < 1.29 is 19.0 Å². The van der Waals surface area contributed by atoms with Gasteiger partial charge in [0, 0.05) is 30.3 Å². The van der Waals surface area contributed by atoms with Crippen LogP contribution in [0.4, 0.5) is 0 Å². The fourth-order valence-electron chi connectivity index (χ4n) is 8.04. The molecule has 4 rings (SSSR count). The molecule has 7 unspecified atom stereocenters. The van der Waals surface area contributed by atoms with Crippen molar-refractivity contribution in [3.8, 4) is 0 Å². The molecule has 0 bridgehead atoms. The first-order chi connectivity index (χ1) is 14.0. The number of hydrogen-bond donors (Lipinski definition) is 0. The lowest BCUT2D eigenvalue weighted by atomic mass is 9.47. The molecule has 4 heteroatoms. The lowest BCUT2D eigenvalue weighted by Gasteiger charge is -2.61. The highest BCUT2D eigenvalue weighted by Crippen LogP contribution is 2.68. The average molecular weight is 421 g/mol. The van der Waals surface area contributed by atoms with E-state index in [2.05, 4.69) is 34.6 Å². The third kappa shape index (κ3) is 3.40. The van der Waals surface area contributed by atoms with Gasteiger partial charge in [-0.25, -0.2) is 0 Å². The summed E-state index contributed by atoms with van der Waals surface area (Å²) in [6, 6.07) is 0. The lowest BCUT2D eigenvalue weighted by molar-refractivity contribution is -0.353. The summed E-state index contributed by atoms with van der Waals surface area (Å²) >= 11 is 0. The predicted octanol–water partition coefficient (Wildman–Crippen LogP) is 5.63. The van der Waals surface area contributed by atoms with Crippen LogP contribution in [0.2, 0.25) is 0 Å². The number of hydrogen-bond acceptors (Lipinski definition) is 4. The molecule has 1 aliphatic heterocycles. The minimum absolute atomic E-state index is 0.00418. The zero-order valence-corrected chi connectivity index (χ0v) is 20.4. The van der Waals surface area contributed by atoms with E-state index in [1.54, 1.807) is 6.92 Å². The normalized spacial score (nSPS) is 45.6. The molecular formula is C26H44O4. The third-order valence-corrected chi connectivity index (χ3v) is 9.73. The van der Waals surface area contributed by atoms with Crippen LogP contribution in [0.15, 0.2) is 0 Å². The molecule has 4 aliphatic rings. The Morgan fingerprint density at radius 1 is 1.10 bits per heavy atom. The van der Waals surface area contributed by atoms with Crippen LogP contribution in [-0.4, -0.2) is 38.0 Å². The summed E-state index contributed by atoms with van der Waals surface area (Å²) in [6.45, 7) is 14.7. The lowest BCUT2D eigenvalue weighted by Crippen LogP contribution is -2.62. The number of carbonyl (C=O) groups is 1. The van der Waals surface area contributed by atoms with Crippen LogP contribution >= 0.6 is 0 Å². The van der Waals surface area contributed by atoms with Crippen molar-refractivity contribution in [3.05, 3.63) is 0 Å². The highest BCUT2D eigenvalue weighted by atomic mass is 16.7. The van der Waals surface area contributed by atoms with Gasteiger partial charge in [-0.1, -0.05) is 41.0 Å². The second-order valence-electron chi connectivity index (χ2n) is 12.5. The molecule has 3 saturated carbocycles. The summed E-state index contributed by atoms with van der Waals surface area (Å²) in [5.74, 6) is 1.76. The molecule has 0 aromatic rings. The predicted molar refractivity (Wildman–Crippen MR) is 118 cm³/mol. The van der Waals surface area contributed by atoms with E-state index in [-0.39, 0.29) is 28.3 Å². The molecule has 0 radical (unpaired) electrons. The standard InChI is InChI=1S/C26H44O4/c1-17(18(2)27)13-24(5)11-8-9-19-20-10-12-26(29-15-23(3,4)16-30-26)25(20,6)14-21(28-7)22(19)24/h17,19-22H,8-16H2,1-7H3. The molecule has 7 atom stereocenters. The Morgan fingerprint density at radius 2 is 1.77 bits per heavy atom. The third-order valence-electron chi connectivity index (χ3n) is 9.73. The maximum absolute atomic E-state index is 12.1. The molecular weight excluding hydrogens is 376 g/mol. The Bertz CT molecular complexity index is 662. The maximum atomic E-state index is 12.1. The van der Waals surface area contributed by atoms with Crippen LogP contribution in [0.1, 0.15) is 86.5 Å². The van der Waals surface area contributed by atoms with Crippen molar-refractivity contribution in [1.29, 1.82) is 0 Å². The van der Waals surface area contributed by atoms with Crippen LogP contribution in [-0.2, 0) is 19.0 Å². The number of rotatable bonds is 4. The summed E-state index contributed by atoms with van der Waals surface area (Å²) in [5.41, 5.74) is 0.252. The topological polar surface area (TPSA) is 44.8 Å². The molecule has 3 aliphatic carbocycles. The van der Waals surface area contributed by atoms with Gasteiger partial charge in [0.15, 0.2) is 5.79 Å². The fourth-order valence-corrected chi connectivity index (χ4v) is 8.04. The Labute approximate surface area is 183 Å². The van der Waals surface area contributed by atoms with E-state index in [4.69, 9.17) is 14.2 Å². The molecule has 4 fully saturated rings. The Balaban J connectivity index is 1.65. The summed E-state index contributed by atoms with van der Waals surface area (Å²) < 4.78 is 19.5. The molecule has 0 amide bonds. The number of fused-ring (bicyclic) bond motifs is 4. The zero-order chi connectivity index (χ0) is 21.9. The summed E-state index contributed by atoms with van der Waals surface area (Å²) in [5, 5.41) is 0. The van der Waals surface area contributed by atoms with Gasteiger partial charge >= 0.3 is 0 Å². The first-order valence-electron chi connectivity index (χ1n) is 12.3. The molecule has 0 aromatic heterocycles. The number of Topliss-reactive ketones (excluding diaryl/α,β-unsaturated/α-hetero) is 1. The fraction of sp³-hybridized carbons (Fsp3) is 0.962. The number of ether oxygens (including phenoxy) is 3. The molecule has 1 spiro atoms. The first kappa shape index (κ1) is 22.7. The van der Waals surface area contributed by atoms with Crippen LogP contribution in [0.25, 0.3) is 0 Å². The van der Waals surface area contributed by atoms with Crippen LogP contribution in [0.5, 0.6) is 0 Å². The number of ketones is 1. The Morgan fingerprint density at radius 3 is 2.37 bits per heavy atom. The van der Waals surface area contributed by atoms with Gasteiger partial charge in [-0.2, -0.15) is 0 Å². The number of methoxy groups -OCH3 is 1. The van der Waals surface area contributed by atoms with Gasteiger partial charge in [-0.05, 0) is 62.2 Å². The molecule has 1 heterocycles. The van der Waals surface area contributed by atoms with Crippen LogP contribution in [0.3, 0.4) is 0 Å². The molecule has 4 nitrogen and oxygen atoms in total. The first-order valence-corrected chi connectivity index (χ1v) is 12.3. The molecule has 172 valence electrons. The zero-order valence-electron chi connectivity index (χ0n) is 20.4. The Hall–Kier alpha value is -0.450. The Kier molecular flexibility index (Phi) is 5.73.